The molecule has 3 fully saturated rings. The Morgan fingerprint density at radius 2 is 1.86 bits per heavy atom. The highest BCUT2D eigenvalue weighted by atomic mass is 19.1. The number of hydrogen-bond donors (Lipinski definition) is 1. The van der Waals surface area contributed by atoms with Crippen molar-refractivity contribution >= 4 is 5.91 Å². The summed E-state index contributed by atoms with van der Waals surface area (Å²) < 4.78 is 21.2. The van der Waals surface area contributed by atoms with Crippen LogP contribution in [0.2, 0.25) is 0 Å². The van der Waals surface area contributed by atoms with Crippen molar-refractivity contribution in [3.05, 3.63) is 65.0 Å². The second-order valence-electron chi connectivity index (χ2n) is 11.9. The number of benzene rings is 2. The standard InChI is InChI=1S/C32H41FN2O2/c1-37-29-15-14-27(33)30-25(29)13-8-17-32(30)21-34-20-26(32)31(36)35-18-16-24(22-9-4-2-5-10-22)19-28(35)23-11-6-3-7-12-23/h2,4-5,9-10,14-15,23-24,26,28,34H,3,6-8,11-13,16-21H2,1H3/t24-,26+,28+,32-/m1/s1. The highest BCUT2D eigenvalue weighted by Crippen LogP contribution is 2.50. The predicted octanol–water partition coefficient (Wildman–Crippen LogP) is 5.98. The largest absolute Gasteiger partial charge is 0.496 e. The van der Waals surface area contributed by atoms with Crippen LogP contribution in [0.4, 0.5) is 4.39 Å². The molecule has 4 aliphatic rings. The Hall–Kier alpha value is -2.40. The molecular weight excluding hydrogens is 463 g/mol. The van der Waals surface area contributed by atoms with E-state index in [1.807, 2.05) is 0 Å². The maximum atomic E-state index is 15.6. The molecule has 2 aliphatic carbocycles. The summed E-state index contributed by atoms with van der Waals surface area (Å²) in [5.74, 6) is 1.69. The molecule has 198 valence electrons. The normalized spacial score (nSPS) is 30.3. The van der Waals surface area contributed by atoms with Crippen LogP contribution in [-0.4, -0.2) is 43.6 Å². The first kappa shape index (κ1) is 24.9. The number of carbonyl (C=O) groups is 1. The number of carbonyl (C=O) groups excluding carboxylic acids is 1. The Morgan fingerprint density at radius 3 is 2.65 bits per heavy atom. The highest BCUT2D eigenvalue weighted by molar-refractivity contribution is 5.82. The van der Waals surface area contributed by atoms with E-state index in [9.17, 15) is 4.79 Å². The summed E-state index contributed by atoms with van der Waals surface area (Å²) >= 11 is 0. The third-order valence-electron chi connectivity index (χ3n) is 10.1. The van der Waals surface area contributed by atoms with Crippen LogP contribution in [0.25, 0.3) is 0 Å². The smallest absolute Gasteiger partial charge is 0.228 e. The lowest BCUT2D eigenvalue weighted by atomic mass is 9.63. The molecule has 0 unspecified atom stereocenters. The number of nitrogens with zero attached hydrogens (tertiary/aromatic N) is 1. The number of fused-ring (bicyclic) bond motifs is 2. The molecule has 1 spiro atoms. The van der Waals surface area contributed by atoms with Gasteiger partial charge in [0.1, 0.15) is 11.6 Å². The van der Waals surface area contributed by atoms with Gasteiger partial charge in [0, 0.05) is 42.2 Å². The highest BCUT2D eigenvalue weighted by Gasteiger charge is 2.54. The van der Waals surface area contributed by atoms with E-state index < -0.39 is 5.41 Å². The number of halogens is 1. The first-order chi connectivity index (χ1) is 18.1. The molecule has 37 heavy (non-hydrogen) atoms. The second kappa shape index (κ2) is 10.4. The molecule has 0 bridgehead atoms. The summed E-state index contributed by atoms with van der Waals surface area (Å²) in [4.78, 5) is 16.8. The fourth-order valence-electron chi connectivity index (χ4n) is 8.36. The molecule has 2 aromatic carbocycles. The quantitative estimate of drug-likeness (QED) is 0.557. The third kappa shape index (κ3) is 4.37. The molecule has 2 aliphatic heterocycles. The minimum Gasteiger partial charge on any atom is -0.496 e. The number of likely N-dealkylation sites (tertiary alicyclic amines) is 1. The number of piperidine rings is 1. The van der Waals surface area contributed by atoms with Gasteiger partial charge in [-0.25, -0.2) is 4.39 Å². The van der Waals surface area contributed by atoms with Crippen molar-refractivity contribution < 1.29 is 13.9 Å². The van der Waals surface area contributed by atoms with E-state index in [1.165, 1.54) is 37.7 Å². The van der Waals surface area contributed by atoms with Crippen molar-refractivity contribution in [2.75, 3.05) is 26.7 Å². The summed E-state index contributed by atoms with van der Waals surface area (Å²) in [7, 11) is 1.66. The molecule has 6 rings (SSSR count). The molecule has 1 saturated carbocycles. The molecule has 2 aromatic rings. The first-order valence-electron chi connectivity index (χ1n) is 14.5. The van der Waals surface area contributed by atoms with E-state index >= 15 is 4.39 Å². The van der Waals surface area contributed by atoms with Crippen LogP contribution >= 0.6 is 0 Å². The number of ether oxygens (including phenoxy) is 1. The number of amides is 1. The lowest BCUT2D eigenvalue weighted by Crippen LogP contribution is -2.55. The van der Waals surface area contributed by atoms with Crippen molar-refractivity contribution in [3.63, 3.8) is 0 Å². The maximum Gasteiger partial charge on any atom is 0.228 e. The van der Waals surface area contributed by atoms with Gasteiger partial charge in [0.05, 0.1) is 13.0 Å². The summed E-state index contributed by atoms with van der Waals surface area (Å²) in [6.45, 7) is 2.10. The second-order valence-corrected chi connectivity index (χ2v) is 11.9. The molecule has 1 N–H and O–H groups in total. The minimum atomic E-state index is -0.489. The van der Waals surface area contributed by atoms with E-state index in [2.05, 4.69) is 40.5 Å². The lowest BCUT2D eigenvalue weighted by molar-refractivity contribution is -0.143. The summed E-state index contributed by atoms with van der Waals surface area (Å²) in [6.07, 6.45) is 11.0. The average molecular weight is 505 g/mol. The Morgan fingerprint density at radius 1 is 1.05 bits per heavy atom. The van der Waals surface area contributed by atoms with Crippen LogP contribution < -0.4 is 10.1 Å². The monoisotopic (exact) mass is 504 g/mol. The SMILES string of the molecule is COc1ccc(F)c2c1CCC[C@]21CNC[C@H]1C(=O)N1CC[C@@H](c2ccccc2)C[C@H]1C1CCCCC1. The minimum absolute atomic E-state index is 0.177. The zero-order valence-corrected chi connectivity index (χ0v) is 22.2. The fourth-order valence-corrected chi connectivity index (χ4v) is 8.36. The Bertz CT molecular complexity index is 1120. The molecule has 2 saturated heterocycles. The van der Waals surface area contributed by atoms with E-state index in [4.69, 9.17) is 4.74 Å². The first-order valence-corrected chi connectivity index (χ1v) is 14.5. The number of hydrogen-bond acceptors (Lipinski definition) is 3. The topological polar surface area (TPSA) is 41.6 Å². The zero-order valence-electron chi connectivity index (χ0n) is 22.2. The number of rotatable bonds is 4. The van der Waals surface area contributed by atoms with E-state index in [1.54, 1.807) is 19.2 Å². The summed E-state index contributed by atoms with van der Waals surface area (Å²) in [5, 5.41) is 3.53. The van der Waals surface area contributed by atoms with Crippen LogP contribution in [0.3, 0.4) is 0 Å². The molecule has 2 heterocycles. The van der Waals surface area contributed by atoms with Crippen LogP contribution in [0.15, 0.2) is 42.5 Å². The van der Waals surface area contributed by atoms with Crippen LogP contribution in [0.5, 0.6) is 5.75 Å². The van der Waals surface area contributed by atoms with Crippen LogP contribution in [-0.2, 0) is 16.6 Å². The van der Waals surface area contributed by atoms with Gasteiger partial charge in [-0.15, -0.1) is 0 Å². The van der Waals surface area contributed by atoms with Crippen molar-refractivity contribution in [1.29, 1.82) is 0 Å². The van der Waals surface area contributed by atoms with Crippen molar-refractivity contribution in [2.45, 2.75) is 81.6 Å². The van der Waals surface area contributed by atoms with Gasteiger partial charge < -0.3 is 15.0 Å². The summed E-state index contributed by atoms with van der Waals surface area (Å²) in [5.41, 5.74) is 2.64. The van der Waals surface area contributed by atoms with Gasteiger partial charge >= 0.3 is 0 Å². The zero-order chi connectivity index (χ0) is 25.4. The van der Waals surface area contributed by atoms with E-state index in [-0.39, 0.29) is 23.7 Å². The van der Waals surface area contributed by atoms with Gasteiger partial charge in [-0.2, -0.15) is 0 Å². The van der Waals surface area contributed by atoms with Gasteiger partial charge in [-0.1, -0.05) is 49.6 Å². The van der Waals surface area contributed by atoms with Gasteiger partial charge in [0.25, 0.3) is 0 Å². The molecule has 5 heteroatoms. The molecule has 0 aromatic heterocycles. The molecule has 4 nitrogen and oxygen atoms in total. The number of methoxy groups -OCH3 is 1. The van der Waals surface area contributed by atoms with Gasteiger partial charge in [0.15, 0.2) is 0 Å². The maximum absolute atomic E-state index is 15.6. The molecular formula is C32H41FN2O2. The predicted molar refractivity (Wildman–Crippen MR) is 144 cm³/mol. The molecule has 0 radical (unpaired) electrons. The van der Waals surface area contributed by atoms with Gasteiger partial charge in [-0.3, -0.25) is 4.79 Å². The van der Waals surface area contributed by atoms with Crippen LogP contribution in [0.1, 0.15) is 80.4 Å². The van der Waals surface area contributed by atoms with E-state index in [0.29, 0.717) is 24.9 Å². The Labute approximate surface area is 221 Å². The van der Waals surface area contributed by atoms with Gasteiger partial charge in [0.2, 0.25) is 5.91 Å². The van der Waals surface area contributed by atoms with Crippen LogP contribution in [0, 0.1) is 17.7 Å². The van der Waals surface area contributed by atoms with Gasteiger partial charge in [-0.05, 0) is 74.5 Å². The number of nitrogens with one attached hydrogen (secondary N) is 1. The Kier molecular flexibility index (Phi) is 7.00. The van der Waals surface area contributed by atoms with E-state index in [0.717, 1.165) is 55.5 Å². The van der Waals surface area contributed by atoms with Crippen molar-refractivity contribution in [3.8, 4) is 5.75 Å². The third-order valence-corrected chi connectivity index (χ3v) is 10.1. The van der Waals surface area contributed by atoms with Crippen molar-refractivity contribution in [2.24, 2.45) is 11.8 Å². The molecule has 4 atom stereocenters. The Balaban J connectivity index is 1.33. The average Bonchev–Trinajstić information content (AvgIpc) is 3.37. The fraction of sp³-hybridized carbons (Fsp3) is 0.594. The summed E-state index contributed by atoms with van der Waals surface area (Å²) in [6, 6.07) is 14.4. The molecule has 1 amide bonds. The lowest BCUT2D eigenvalue weighted by Gasteiger charge is -2.48. The van der Waals surface area contributed by atoms with Crippen molar-refractivity contribution in [1.82, 2.24) is 10.2 Å².